The molecule has 0 saturated heterocycles. The van der Waals surface area contributed by atoms with Gasteiger partial charge in [-0.15, -0.1) is 0 Å². The lowest BCUT2D eigenvalue weighted by atomic mass is 10.0. The van der Waals surface area contributed by atoms with E-state index in [1.54, 1.807) is 24.8 Å². The molecule has 152 valence electrons. The van der Waals surface area contributed by atoms with Gasteiger partial charge >= 0.3 is 0 Å². The summed E-state index contributed by atoms with van der Waals surface area (Å²) in [6, 6.07) is 11.0. The first-order chi connectivity index (χ1) is 13.9. The number of hydrogen-bond acceptors (Lipinski definition) is 4. The SMILES string of the molecule is COCCn1c(C)cc(C)c(C(=O)N[C@H](c2ccccc2)c2nccn2C)c1=O. The van der Waals surface area contributed by atoms with Crippen LogP contribution in [-0.2, 0) is 18.3 Å². The fraction of sp³-hybridized carbons (Fsp3) is 0.318. The van der Waals surface area contributed by atoms with Gasteiger partial charge in [-0.2, -0.15) is 0 Å². The number of methoxy groups -OCH3 is 1. The number of aryl methyl sites for hydroxylation is 3. The van der Waals surface area contributed by atoms with Crippen molar-refractivity contribution in [1.29, 1.82) is 0 Å². The number of imidazole rings is 1. The van der Waals surface area contributed by atoms with Crippen LogP contribution in [0.3, 0.4) is 0 Å². The molecule has 0 spiro atoms. The number of amides is 1. The van der Waals surface area contributed by atoms with Crippen LogP contribution in [0.1, 0.15) is 39.0 Å². The van der Waals surface area contributed by atoms with Gasteiger partial charge in [0.2, 0.25) is 0 Å². The minimum Gasteiger partial charge on any atom is -0.383 e. The fourth-order valence-corrected chi connectivity index (χ4v) is 3.46. The number of ether oxygens (including phenoxy) is 1. The van der Waals surface area contributed by atoms with Crippen LogP contribution in [0, 0.1) is 13.8 Å². The van der Waals surface area contributed by atoms with Crippen LogP contribution in [0.15, 0.2) is 53.6 Å². The molecule has 0 bridgehead atoms. The van der Waals surface area contributed by atoms with Crippen molar-refractivity contribution in [3.63, 3.8) is 0 Å². The Morgan fingerprint density at radius 2 is 1.97 bits per heavy atom. The van der Waals surface area contributed by atoms with Crippen molar-refractivity contribution in [3.8, 4) is 0 Å². The molecule has 1 N–H and O–H groups in total. The average Bonchev–Trinajstić information content (AvgIpc) is 3.12. The zero-order valence-electron chi connectivity index (χ0n) is 17.2. The quantitative estimate of drug-likeness (QED) is 0.667. The standard InChI is InChI=1S/C22H26N4O3/c1-15-14-16(2)26(12-13-29-4)22(28)18(15)21(27)24-19(17-8-6-5-7-9-17)20-23-10-11-25(20)3/h5-11,14,19H,12-13H2,1-4H3,(H,24,27)/t19-/m1/s1. The van der Waals surface area contributed by atoms with Crippen LogP contribution in [-0.4, -0.2) is 33.7 Å². The van der Waals surface area contributed by atoms with Gasteiger partial charge < -0.3 is 19.2 Å². The van der Waals surface area contributed by atoms with Gasteiger partial charge in [-0.3, -0.25) is 9.59 Å². The Hall–Kier alpha value is -3.19. The van der Waals surface area contributed by atoms with Crippen LogP contribution >= 0.6 is 0 Å². The van der Waals surface area contributed by atoms with E-state index in [4.69, 9.17) is 4.74 Å². The maximum atomic E-state index is 13.2. The molecule has 2 aromatic heterocycles. The number of nitrogens with zero attached hydrogens (tertiary/aromatic N) is 3. The molecular formula is C22H26N4O3. The molecule has 0 radical (unpaired) electrons. The summed E-state index contributed by atoms with van der Waals surface area (Å²) in [5, 5.41) is 3.01. The number of rotatable bonds is 7. The smallest absolute Gasteiger partial charge is 0.263 e. The van der Waals surface area contributed by atoms with Gasteiger partial charge in [0.15, 0.2) is 0 Å². The zero-order chi connectivity index (χ0) is 21.0. The van der Waals surface area contributed by atoms with Crippen LogP contribution < -0.4 is 10.9 Å². The first-order valence-corrected chi connectivity index (χ1v) is 9.47. The number of nitrogens with one attached hydrogen (secondary N) is 1. The van der Waals surface area contributed by atoms with Gasteiger partial charge in [-0.05, 0) is 31.0 Å². The van der Waals surface area contributed by atoms with Gasteiger partial charge in [0.1, 0.15) is 17.4 Å². The van der Waals surface area contributed by atoms with Crippen molar-refractivity contribution in [2.45, 2.75) is 26.4 Å². The van der Waals surface area contributed by atoms with Gasteiger partial charge in [0.05, 0.1) is 6.61 Å². The normalized spacial score (nSPS) is 12.0. The number of aromatic nitrogens is 3. The molecule has 0 aliphatic heterocycles. The Morgan fingerprint density at radius 1 is 1.24 bits per heavy atom. The molecule has 7 nitrogen and oxygen atoms in total. The predicted molar refractivity (Wildman–Crippen MR) is 111 cm³/mol. The molecule has 7 heteroatoms. The lowest BCUT2D eigenvalue weighted by Crippen LogP contribution is -2.38. The molecule has 1 amide bonds. The third kappa shape index (κ3) is 4.30. The monoisotopic (exact) mass is 394 g/mol. The van der Waals surface area contributed by atoms with Crippen molar-refractivity contribution in [3.05, 3.63) is 87.4 Å². The predicted octanol–water partition coefficient (Wildman–Crippen LogP) is 2.36. The summed E-state index contributed by atoms with van der Waals surface area (Å²) in [6.45, 7) is 4.42. The van der Waals surface area contributed by atoms with Crippen molar-refractivity contribution >= 4 is 5.91 Å². The number of pyridine rings is 1. The molecule has 1 atom stereocenters. The molecule has 0 unspecified atom stereocenters. The van der Waals surface area contributed by atoms with E-state index in [-0.39, 0.29) is 11.1 Å². The minimum atomic E-state index is -0.476. The Kier molecular flexibility index (Phi) is 6.29. The summed E-state index contributed by atoms with van der Waals surface area (Å²) >= 11 is 0. The summed E-state index contributed by atoms with van der Waals surface area (Å²) in [4.78, 5) is 30.7. The Bertz CT molecular complexity index is 1050. The summed E-state index contributed by atoms with van der Waals surface area (Å²) in [7, 11) is 3.46. The lowest BCUT2D eigenvalue weighted by molar-refractivity contribution is 0.0938. The molecule has 0 fully saturated rings. The van der Waals surface area contributed by atoms with E-state index in [1.807, 2.05) is 61.1 Å². The summed E-state index contributed by atoms with van der Waals surface area (Å²) in [5.41, 5.74) is 2.15. The first-order valence-electron chi connectivity index (χ1n) is 9.47. The fourth-order valence-electron chi connectivity index (χ4n) is 3.46. The highest BCUT2D eigenvalue weighted by molar-refractivity contribution is 5.95. The summed E-state index contributed by atoms with van der Waals surface area (Å²) in [6.07, 6.45) is 3.51. The van der Waals surface area contributed by atoms with Crippen LogP contribution in [0.5, 0.6) is 0 Å². The third-order valence-electron chi connectivity index (χ3n) is 4.98. The molecule has 1 aromatic carbocycles. The van der Waals surface area contributed by atoms with Crippen molar-refractivity contribution in [1.82, 2.24) is 19.4 Å². The number of hydrogen-bond donors (Lipinski definition) is 1. The van der Waals surface area contributed by atoms with E-state index in [0.717, 1.165) is 11.3 Å². The molecule has 0 aliphatic rings. The highest BCUT2D eigenvalue weighted by atomic mass is 16.5. The van der Waals surface area contributed by atoms with E-state index in [1.165, 1.54) is 0 Å². The summed E-state index contributed by atoms with van der Waals surface area (Å²) < 4.78 is 8.53. The number of carbonyl (C=O) groups excluding carboxylic acids is 1. The van der Waals surface area contributed by atoms with E-state index < -0.39 is 11.9 Å². The number of benzene rings is 1. The zero-order valence-corrected chi connectivity index (χ0v) is 17.2. The largest absolute Gasteiger partial charge is 0.383 e. The number of carbonyl (C=O) groups is 1. The van der Waals surface area contributed by atoms with Crippen molar-refractivity contribution in [2.75, 3.05) is 13.7 Å². The van der Waals surface area contributed by atoms with E-state index in [0.29, 0.717) is 24.5 Å². The van der Waals surface area contributed by atoms with Gasteiger partial charge in [0.25, 0.3) is 11.5 Å². The third-order valence-corrected chi connectivity index (χ3v) is 4.98. The molecular weight excluding hydrogens is 368 g/mol. The first kappa shape index (κ1) is 20.5. The molecule has 29 heavy (non-hydrogen) atoms. The second-order valence-electron chi connectivity index (χ2n) is 7.01. The summed E-state index contributed by atoms with van der Waals surface area (Å²) in [5.74, 6) is 0.268. The molecule has 0 aliphatic carbocycles. The van der Waals surface area contributed by atoms with E-state index in [2.05, 4.69) is 10.3 Å². The highest BCUT2D eigenvalue weighted by Gasteiger charge is 2.24. The van der Waals surface area contributed by atoms with Gasteiger partial charge in [0, 0.05) is 38.8 Å². The second-order valence-corrected chi connectivity index (χ2v) is 7.01. The van der Waals surface area contributed by atoms with Crippen molar-refractivity contribution in [2.24, 2.45) is 7.05 Å². The molecule has 3 aromatic rings. The topological polar surface area (TPSA) is 78.2 Å². The van der Waals surface area contributed by atoms with Crippen LogP contribution in [0.4, 0.5) is 0 Å². The average molecular weight is 394 g/mol. The van der Waals surface area contributed by atoms with Gasteiger partial charge in [-0.1, -0.05) is 30.3 Å². The maximum absolute atomic E-state index is 13.2. The van der Waals surface area contributed by atoms with Crippen molar-refractivity contribution < 1.29 is 9.53 Å². The maximum Gasteiger partial charge on any atom is 0.263 e. The minimum absolute atomic E-state index is 0.141. The Morgan fingerprint density at radius 3 is 2.59 bits per heavy atom. The van der Waals surface area contributed by atoms with E-state index in [9.17, 15) is 9.59 Å². The molecule has 3 rings (SSSR count). The van der Waals surface area contributed by atoms with Crippen LogP contribution in [0.25, 0.3) is 0 Å². The van der Waals surface area contributed by atoms with E-state index >= 15 is 0 Å². The van der Waals surface area contributed by atoms with Gasteiger partial charge in [-0.25, -0.2) is 4.98 Å². The Balaban J connectivity index is 2.01. The highest BCUT2D eigenvalue weighted by Crippen LogP contribution is 2.21. The Labute approximate surface area is 170 Å². The lowest BCUT2D eigenvalue weighted by Gasteiger charge is -2.20. The van der Waals surface area contributed by atoms with Crippen LogP contribution in [0.2, 0.25) is 0 Å². The molecule has 0 saturated carbocycles. The molecule has 2 heterocycles. The second kappa shape index (κ2) is 8.87.